The molecule has 3 heterocycles. The van der Waals surface area contributed by atoms with Gasteiger partial charge in [0.2, 0.25) is 0 Å². The number of thiophene rings is 1. The Bertz CT molecular complexity index is 662. The van der Waals surface area contributed by atoms with Crippen molar-refractivity contribution in [3.05, 3.63) is 23.1 Å². The number of carbonyl (C=O) groups is 1. The zero-order valence-corrected chi connectivity index (χ0v) is 13.2. The fourth-order valence-electron chi connectivity index (χ4n) is 2.61. The smallest absolute Gasteiger partial charge is 0.312 e. The standard InChI is InChI=1S/C15H19N3O2S/c1-4-20-15(19)11-8-16-14-7-12(17-18(14)10(11)3)13-6-5-9(2)21-13/h5-7,10-11,16H,4,8H2,1-3H3. The van der Waals surface area contributed by atoms with Gasteiger partial charge >= 0.3 is 5.97 Å². The van der Waals surface area contributed by atoms with E-state index in [0.717, 1.165) is 16.4 Å². The van der Waals surface area contributed by atoms with Gasteiger partial charge in [-0.3, -0.25) is 4.79 Å². The van der Waals surface area contributed by atoms with Gasteiger partial charge in [-0.1, -0.05) is 0 Å². The van der Waals surface area contributed by atoms with Crippen molar-refractivity contribution in [2.24, 2.45) is 5.92 Å². The Morgan fingerprint density at radius 3 is 3.05 bits per heavy atom. The fourth-order valence-corrected chi connectivity index (χ4v) is 3.44. The van der Waals surface area contributed by atoms with E-state index in [1.54, 1.807) is 11.3 Å². The molecule has 1 aliphatic heterocycles. The Balaban J connectivity index is 1.88. The van der Waals surface area contributed by atoms with Crippen LogP contribution >= 0.6 is 11.3 Å². The highest BCUT2D eigenvalue weighted by Gasteiger charge is 2.33. The number of esters is 1. The predicted molar refractivity (Wildman–Crippen MR) is 83.6 cm³/mol. The number of nitrogens with zero attached hydrogens (tertiary/aromatic N) is 2. The molecule has 2 aromatic rings. The summed E-state index contributed by atoms with van der Waals surface area (Å²) in [5.41, 5.74) is 0.951. The van der Waals surface area contributed by atoms with Crippen molar-refractivity contribution in [1.82, 2.24) is 9.78 Å². The maximum atomic E-state index is 12.0. The lowest BCUT2D eigenvalue weighted by Gasteiger charge is -2.29. The van der Waals surface area contributed by atoms with Crippen LogP contribution in [0.1, 0.15) is 24.8 Å². The molecule has 112 valence electrons. The first-order chi connectivity index (χ1) is 10.1. The molecule has 2 unspecified atom stereocenters. The molecule has 21 heavy (non-hydrogen) atoms. The monoisotopic (exact) mass is 305 g/mol. The Morgan fingerprint density at radius 1 is 1.57 bits per heavy atom. The van der Waals surface area contributed by atoms with Gasteiger partial charge in [0, 0.05) is 17.5 Å². The Morgan fingerprint density at radius 2 is 2.38 bits per heavy atom. The number of anilines is 1. The van der Waals surface area contributed by atoms with E-state index in [1.807, 2.05) is 24.6 Å². The first-order valence-electron chi connectivity index (χ1n) is 7.17. The van der Waals surface area contributed by atoms with Crippen molar-refractivity contribution < 1.29 is 9.53 Å². The molecule has 0 fully saturated rings. The molecule has 0 bridgehead atoms. The molecule has 0 spiro atoms. The van der Waals surface area contributed by atoms with E-state index in [4.69, 9.17) is 4.74 Å². The van der Waals surface area contributed by atoms with Gasteiger partial charge in [0.1, 0.15) is 11.5 Å². The van der Waals surface area contributed by atoms with Gasteiger partial charge in [0.15, 0.2) is 0 Å². The van der Waals surface area contributed by atoms with E-state index in [2.05, 4.69) is 29.5 Å². The third-order valence-corrected chi connectivity index (χ3v) is 4.81. The molecular weight excluding hydrogens is 286 g/mol. The summed E-state index contributed by atoms with van der Waals surface area (Å²) in [7, 11) is 0. The molecule has 1 N–H and O–H groups in total. The number of aryl methyl sites for hydroxylation is 1. The Hall–Kier alpha value is -1.82. The number of aromatic nitrogens is 2. The zero-order valence-electron chi connectivity index (χ0n) is 12.4. The van der Waals surface area contributed by atoms with Crippen molar-refractivity contribution in [1.29, 1.82) is 0 Å². The van der Waals surface area contributed by atoms with E-state index >= 15 is 0 Å². The summed E-state index contributed by atoms with van der Waals surface area (Å²) in [5, 5.41) is 7.95. The van der Waals surface area contributed by atoms with Crippen LogP contribution in [0.25, 0.3) is 10.6 Å². The van der Waals surface area contributed by atoms with Crippen molar-refractivity contribution in [3.8, 4) is 10.6 Å². The number of fused-ring (bicyclic) bond motifs is 1. The molecule has 0 amide bonds. The average molecular weight is 305 g/mol. The largest absolute Gasteiger partial charge is 0.466 e. The summed E-state index contributed by atoms with van der Waals surface area (Å²) in [5.74, 6) is 0.603. The molecule has 0 aromatic carbocycles. The molecular formula is C15H19N3O2S. The van der Waals surface area contributed by atoms with Gasteiger partial charge in [0.05, 0.1) is 23.4 Å². The SMILES string of the molecule is CCOC(=O)C1CNc2cc(-c3ccc(C)s3)nn2C1C. The molecule has 1 aliphatic rings. The molecule has 2 atom stereocenters. The Labute approximate surface area is 127 Å². The number of ether oxygens (including phenoxy) is 1. The number of carbonyl (C=O) groups excluding carboxylic acids is 1. The van der Waals surface area contributed by atoms with Crippen LogP contribution < -0.4 is 5.32 Å². The summed E-state index contributed by atoms with van der Waals surface area (Å²) >= 11 is 1.73. The highest BCUT2D eigenvalue weighted by Crippen LogP contribution is 2.34. The maximum absolute atomic E-state index is 12.0. The van der Waals surface area contributed by atoms with Gasteiger partial charge in [-0.25, -0.2) is 4.68 Å². The quantitative estimate of drug-likeness (QED) is 0.885. The van der Waals surface area contributed by atoms with Gasteiger partial charge in [0.25, 0.3) is 0 Å². The van der Waals surface area contributed by atoms with Crippen molar-refractivity contribution in [2.75, 3.05) is 18.5 Å². The molecule has 6 heteroatoms. The molecule has 5 nitrogen and oxygen atoms in total. The third kappa shape index (κ3) is 2.55. The molecule has 0 aliphatic carbocycles. The molecule has 0 saturated carbocycles. The van der Waals surface area contributed by atoms with E-state index < -0.39 is 0 Å². The van der Waals surface area contributed by atoms with E-state index in [0.29, 0.717) is 13.2 Å². The minimum Gasteiger partial charge on any atom is -0.466 e. The van der Waals surface area contributed by atoms with Crippen LogP contribution in [-0.2, 0) is 9.53 Å². The molecule has 0 radical (unpaired) electrons. The number of hydrogen-bond acceptors (Lipinski definition) is 5. The van der Waals surface area contributed by atoms with Gasteiger partial charge in [-0.05, 0) is 32.9 Å². The van der Waals surface area contributed by atoms with Crippen LogP contribution in [0, 0.1) is 12.8 Å². The summed E-state index contributed by atoms with van der Waals surface area (Å²) in [6.45, 7) is 6.93. The number of hydrogen-bond donors (Lipinski definition) is 1. The lowest BCUT2D eigenvalue weighted by atomic mass is 10.00. The van der Waals surface area contributed by atoms with Crippen LogP contribution in [0.3, 0.4) is 0 Å². The Kier molecular flexibility index (Phi) is 3.71. The molecule has 0 saturated heterocycles. The van der Waals surface area contributed by atoms with Crippen LogP contribution in [-0.4, -0.2) is 28.9 Å². The predicted octanol–water partition coefficient (Wildman–Crippen LogP) is 3.09. The van der Waals surface area contributed by atoms with E-state index in [-0.39, 0.29) is 17.9 Å². The maximum Gasteiger partial charge on any atom is 0.312 e. The lowest BCUT2D eigenvalue weighted by Crippen LogP contribution is -2.37. The van der Waals surface area contributed by atoms with Crippen molar-refractivity contribution in [3.63, 3.8) is 0 Å². The molecule has 3 rings (SSSR count). The average Bonchev–Trinajstić information content (AvgIpc) is 3.05. The summed E-state index contributed by atoms with van der Waals surface area (Å²) in [6.07, 6.45) is 0. The van der Waals surface area contributed by atoms with E-state index in [1.165, 1.54) is 4.88 Å². The van der Waals surface area contributed by atoms with Crippen LogP contribution in [0.2, 0.25) is 0 Å². The van der Waals surface area contributed by atoms with Crippen LogP contribution in [0.4, 0.5) is 5.82 Å². The second-order valence-electron chi connectivity index (χ2n) is 5.25. The minimum atomic E-state index is -0.199. The van der Waals surface area contributed by atoms with Crippen molar-refractivity contribution >= 4 is 23.1 Å². The van der Waals surface area contributed by atoms with Crippen LogP contribution in [0.5, 0.6) is 0 Å². The second kappa shape index (κ2) is 5.52. The second-order valence-corrected chi connectivity index (χ2v) is 6.54. The summed E-state index contributed by atoms with van der Waals surface area (Å²) < 4.78 is 7.04. The first kappa shape index (κ1) is 14.1. The minimum absolute atomic E-state index is 0.00453. The topological polar surface area (TPSA) is 56.1 Å². The first-order valence-corrected chi connectivity index (χ1v) is 7.98. The lowest BCUT2D eigenvalue weighted by molar-refractivity contribution is -0.149. The summed E-state index contributed by atoms with van der Waals surface area (Å²) in [6, 6.07) is 6.22. The highest BCUT2D eigenvalue weighted by atomic mass is 32.1. The number of rotatable bonds is 3. The third-order valence-electron chi connectivity index (χ3n) is 3.79. The zero-order chi connectivity index (χ0) is 15.0. The van der Waals surface area contributed by atoms with Crippen molar-refractivity contribution in [2.45, 2.75) is 26.8 Å². The number of nitrogens with one attached hydrogen (secondary N) is 1. The van der Waals surface area contributed by atoms with Crippen LogP contribution in [0.15, 0.2) is 18.2 Å². The summed E-state index contributed by atoms with van der Waals surface area (Å²) in [4.78, 5) is 14.4. The van der Waals surface area contributed by atoms with Gasteiger partial charge in [-0.15, -0.1) is 11.3 Å². The van der Waals surface area contributed by atoms with E-state index in [9.17, 15) is 4.79 Å². The van der Waals surface area contributed by atoms with Gasteiger partial charge in [-0.2, -0.15) is 5.10 Å². The fraction of sp³-hybridized carbons (Fsp3) is 0.467. The molecule has 2 aromatic heterocycles. The van der Waals surface area contributed by atoms with Gasteiger partial charge < -0.3 is 10.1 Å². The highest BCUT2D eigenvalue weighted by molar-refractivity contribution is 7.15. The normalized spacial score (nSPS) is 20.7.